The van der Waals surface area contributed by atoms with Gasteiger partial charge in [-0.25, -0.2) is 0 Å². The first-order chi connectivity index (χ1) is 8.99. The fourth-order valence-electron chi connectivity index (χ4n) is 2.12. The minimum atomic E-state index is -0.448. The number of amides is 1. The van der Waals surface area contributed by atoms with Crippen molar-refractivity contribution in [2.45, 2.75) is 13.8 Å². The molecule has 1 amide bonds. The van der Waals surface area contributed by atoms with Crippen LogP contribution < -0.4 is 5.73 Å². The fraction of sp³-hybridized carbons (Fsp3) is 0.133. The van der Waals surface area contributed by atoms with E-state index in [1.54, 1.807) is 6.08 Å². The number of halogens is 1. The van der Waals surface area contributed by atoms with Crippen molar-refractivity contribution < 1.29 is 4.79 Å². The van der Waals surface area contributed by atoms with E-state index in [4.69, 9.17) is 17.3 Å². The normalized spacial score (nSPS) is 11.1. The Morgan fingerprint density at radius 1 is 1.26 bits per heavy atom. The molecule has 0 aliphatic rings. The number of nitrogens with zero attached hydrogens (tertiary/aromatic N) is 1. The van der Waals surface area contributed by atoms with Crippen molar-refractivity contribution in [3.05, 3.63) is 58.4 Å². The van der Waals surface area contributed by atoms with Crippen molar-refractivity contribution in [3.8, 4) is 5.69 Å². The molecule has 0 bridgehead atoms. The largest absolute Gasteiger partial charge is 0.366 e. The van der Waals surface area contributed by atoms with Crippen LogP contribution in [-0.2, 0) is 4.79 Å². The Kier molecular flexibility index (Phi) is 3.76. The van der Waals surface area contributed by atoms with Crippen LogP contribution in [0, 0.1) is 13.8 Å². The third kappa shape index (κ3) is 2.88. The number of rotatable bonds is 3. The monoisotopic (exact) mass is 274 g/mol. The summed E-state index contributed by atoms with van der Waals surface area (Å²) in [6.07, 6.45) is 3.10. The van der Waals surface area contributed by atoms with Gasteiger partial charge in [0.25, 0.3) is 0 Å². The molecule has 2 aromatic rings. The van der Waals surface area contributed by atoms with Gasteiger partial charge < -0.3 is 10.3 Å². The second kappa shape index (κ2) is 5.33. The number of hydrogen-bond acceptors (Lipinski definition) is 1. The number of aromatic nitrogens is 1. The summed E-state index contributed by atoms with van der Waals surface area (Å²) in [6.45, 7) is 4.02. The molecule has 0 unspecified atom stereocenters. The third-order valence-corrected chi connectivity index (χ3v) is 3.23. The van der Waals surface area contributed by atoms with Gasteiger partial charge in [0.1, 0.15) is 0 Å². The van der Waals surface area contributed by atoms with Crippen LogP contribution in [0.4, 0.5) is 0 Å². The summed E-state index contributed by atoms with van der Waals surface area (Å²) in [5.74, 6) is -0.448. The lowest BCUT2D eigenvalue weighted by molar-refractivity contribution is -0.113. The highest BCUT2D eigenvalue weighted by molar-refractivity contribution is 6.30. The van der Waals surface area contributed by atoms with Crippen molar-refractivity contribution in [2.75, 3.05) is 0 Å². The van der Waals surface area contributed by atoms with E-state index >= 15 is 0 Å². The molecular weight excluding hydrogens is 260 g/mol. The number of primary amides is 1. The van der Waals surface area contributed by atoms with Crippen LogP contribution in [0.25, 0.3) is 11.8 Å². The first-order valence-corrected chi connectivity index (χ1v) is 6.29. The molecule has 4 heteroatoms. The van der Waals surface area contributed by atoms with Gasteiger partial charge in [-0.2, -0.15) is 0 Å². The molecule has 2 N–H and O–H groups in total. The molecule has 3 nitrogen and oxygen atoms in total. The first kappa shape index (κ1) is 13.4. The highest BCUT2D eigenvalue weighted by atomic mass is 35.5. The Balaban J connectivity index is 2.47. The van der Waals surface area contributed by atoms with Gasteiger partial charge in [-0.05, 0) is 55.8 Å². The van der Waals surface area contributed by atoms with E-state index in [9.17, 15) is 4.79 Å². The second-order valence-electron chi connectivity index (χ2n) is 4.37. The Morgan fingerprint density at radius 2 is 1.89 bits per heavy atom. The number of hydrogen-bond donors (Lipinski definition) is 1. The van der Waals surface area contributed by atoms with Crippen LogP contribution in [0.1, 0.15) is 17.0 Å². The van der Waals surface area contributed by atoms with Crippen LogP contribution in [0.5, 0.6) is 0 Å². The Labute approximate surface area is 117 Å². The Hall–Kier alpha value is -2.00. The average Bonchev–Trinajstić information content (AvgIpc) is 2.63. The van der Waals surface area contributed by atoms with E-state index in [2.05, 4.69) is 4.57 Å². The summed E-state index contributed by atoms with van der Waals surface area (Å²) >= 11 is 5.90. The van der Waals surface area contributed by atoms with Gasteiger partial charge >= 0.3 is 0 Å². The molecule has 0 aliphatic heterocycles. The highest BCUT2D eigenvalue weighted by Gasteiger charge is 2.08. The minimum absolute atomic E-state index is 0.448. The molecule has 0 aliphatic carbocycles. The van der Waals surface area contributed by atoms with E-state index in [0.29, 0.717) is 5.02 Å². The summed E-state index contributed by atoms with van der Waals surface area (Å²) in [4.78, 5) is 10.8. The fourth-order valence-corrected chi connectivity index (χ4v) is 2.24. The standard InChI is InChI=1S/C15H15ClN2O/c1-10-9-12(3-8-15(17)19)11(2)18(10)14-6-4-13(16)5-7-14/h3-9H,1-2H3,(H2,17,19)/b8-3+. The molecule has 19 heavy (non-hydrogen) atoms. The van der Waals surface area contributed by atoms with Gasteiger partial charge in [-0.15, -0.1) is 0 Å². The van der Waals surface area contributed by atoms with Crippen LogP contribution in [0.15, 0.2) is 36.4 Å². The molecular formula is C15H15ClN2O. The molecule has 0 saturated carbocycles. The molecule has 1 heterocycles. The molecule has 98 valence electrons. The summed E-state index contributed by atoms with van der Waals surface area (Å²) in [5, 5.41) is 0.708. The lowest BCUT2D eigenvalue weighted by atomic mass is 10.2. The summed E-state index contributed by atoms with van der Waals surface area (Å²) < 4.78 is 2.11. The number of carbonyl (C=O) groups excluding carboxylic acids is 1. The third-order valence-electron chi connectivity index (χ3n) is 2.98. The maximum atomic E-state index is 10.8. The zero-order valence-corrected chi connectivity index (χ0v) is 11.6. The van der Waals surface area contributed by atoms with Crippen molar-refractivity contribution in [2.24, 2.45) is 5.73 Å². The maximum Gasteiger partial charge on any atom is 0.241 e. The topological polar surface area (TPSA) is 48.0 Å². The summed E-state index contributed by atoms with van der Waals surface area (Å²) in [6, 6.07) is 9.65. The van der Waals surface area contributed by atoms with Crippen molar-refractivity contribution >= 4 is 23.6 Å². The van der Waals surface area contributed by atoms with Crippen molar-refractivity contribution in [1.82, 2.24) is 4.57 Å². The highest BCUT2D eigenvalue weighted by Crippen LogP contribution is 2.22. The summed E-state index contributed by atoms with van der Waals surface area (Å²) in [7, 11) is 0. The lowest BCUT2D eigenvalue weighted by Gasteiger charge is -2.09. The molecule has 0 spiro atoms. The first-order valence-electron chi connectivity index (χ1n) is 5.91. The molecule has 0 saturated heterocycles. The number of aryl methyl sites for hydroxylation is 1. The number of carbonyl (C=O) groups is 1. The summed E-state index contributed by atoms with van der Waals surface area (Å²) in [5.41, 5.74) is 9.27. The molecule has 0 atom stereocenters. The van der Waals surface area contributed by atoms with E-state index in [0.717, 1.165) is 22.6 Å². The Bertz CT molecular complexity index is 639. The van der Waals surface area contributed by atoms with Gasteiger partial charge in [0.2, 0.25) is 5.91 Å². The van der Waals surface area contributed by atoms with E-state index < -0.39 is 5.91 Å². The van der Waals surface area contributed by atoms with E-state index in [1.807, 2.05) is 44.2 Å². The van der Waals surface area contributed by atoms with Crippen LogP contribution in [0.3, 0.4) is 0 Å². The van der Waals surface area contributed by atoms with Crippen LogP contribution in [-0.4, -0.2) is 10.5 Å². The van der Waals surface area contributed by atoms with E-state index in [-0.39, 0.29) is 0 Å². The molecule has 0 radical (unpaired) electrons. The quantitative estimate of drug-likeness (QED) is 0.858. The smallest absolute Gasteiger partial charge is 0.241 e. The van der Waals surface area contributed by atoms with Gasteiger partial charge in [0.15, 0.2) is 0 Å². The van der Waals surface area contributed by atoms with Gasteiger partial charge in [0.05, 0.1) is 0 Å². The van der Waals surface area contributed by atoms with Gasteiger partial charge in [-0.3, -0.25) is 4.79 Å². The van der Waals surface area contributed by atoms with Crippen molar-refractivity contribution in [1.29, 1.82) is 0 Å². The van der Waals surface area contributed by atoms with E-state index in [1.165, 1.54) is 6.08 Å². The Morgan fingerprint density at radius 3 is 2.47 bits per heavy atom. The average molecular weight is 275 g/mol. The van der Waals surface area contributed by atoms with Gasteiger partial charge in [0, 0.05) is 28.2 Å². The predicted octanol–water partition coefficient (Wildman–Crippen LogP) is 3.25. The van der Waals surface area contributed by atoms with Crippen molar-refractivity contribution in [3.63, 3.8) is 0 Å². The molecule has 1 aromatic carbocycles. The van der Waals surface area contributed by atoms with Crippen LogP contribution >= 0.6 is 11.6 Å². The zero-order chi connectivity index (χ0) is 14.0. The van der Waals surface area contributed by atoms with Crippen LogP contribution in [0.2, 0.25) is 5.02 Å². The predicted molar refractivity (Wildman–Crippen MR) is 78.5 cm³/mol. The minimum Gasteiger partial charge on any atom is -0.366 e. The SMILES string of the molecule is Cc1cc(/C=C/C(N)=O)c(C)n1-c1ccc(Cl)cc1. The zero-order valence-electron chi connectivity index (χ0n) is 10.9. The molecule has 0 fully saturated rings. The maximum absolute atomic E-state index is 10.8. The van der Waals surface area contributed by atoms with Gasteiger partial charge in [-0.1, -0.05) is 11.6 Å². The second-order valence-corrected chi connectivity index (χ2v) is 4.81. The lowest BCUT2D eigenvalue weighted by Crippen LogP contribution is -2.05. The molecule has 1 aromatic heterocycles. The number of benzene rings is 1. The molecule has 2 rings (SSSR count). The number of nitrogens with two attached hydrogens (primary N) is 1.